The molecule has 0 spiro atoms. The SMILES string of the molecule is COc1cc(N)ccc1SCCOc1ccc(C)cc1. The van der Waals surface area contributed by atoms with E-state index < -0.39 is 0 Å². The third-order valence-corrected chi connectivity index (χ3v) is 3.84. The molecule has 0 aromatic heterocycles. The van der Waals surface area contributed by atoms with Crippen LogP contribution in [-0.4, -0.2) is 19.5 Å². The number of nitrogen functional groups attached to an aromatic ring is 1. The van der Waals surface area contributed by atoms with Gasteiger partial charge in [-0.3, -0.25) is 0 Å². The topological polar surface area (TPSA) is 44.5 Å². The minimum atomic E-state index is 0.654. The number of methoxy groups -OCH3 is 1. The molecule has 106 valence electrons. The lowest BCUT2D eigenvalue weighted by molar-refractivity contribution is 0.344. The van der Waals surface area contributed by atoms with E-state index in [0.717, 1.165) is 22.1 Å². The van der Waals surface area contributed by atoms with Gasteiger partial charge in [-0.15, -0.1) is 11.8 Å². The molecule has 3 nitrogen and oxygen atoms in total. The molecule has 0 aliphatic rings. The van der Waals surface area contributed by atoms with E-state index in [1.165, 1.54) is 5.56 Å². The zero-order valence-corrected chi connectivity index (χ0v) is 12.6. The predicted molar refractivity (Wildman–Crippen MR) is 84.8 cm³/mol. The van der Waals surface area contributed by atoms with Gasteiger partial charge in [0.25, 0.3) is 0 Å². The molecular weight excluding hydrogens is 270 g/mol. The lowest BCUT2D eigenvalue weighted by Gasteiger charge is -2.10. The number of anilines is 1. The third-order valence-electron chi connectivity index (χ3n) is 2.82. The molecule has 0 bridgehead atoms. The molecule has 20 heavy (non-hydrogen) atoms. The molecular formula is C16H19NO2S. The highest BCUT2D eigenvalue weighted by atomic mass is 32.2. The van der Waals surface area contributed by atoms with Gasteiger partial charge in [0.05, 0.1) is 13.7 Å². The number of benzene rings is 2. The van der Waals surface area contributed by atoms with E-state index >= 15 is 0 Å². The Morgan fingerprint density at radius 2 is 1.85 bits per heavy atom. The summed E-state index contributed by atoms with van der Waals surface area (Å²) in [5, 5.41) is 0. The van der Waals surface area contributed by atoms with E-state index in [4.69, 9.17) is 15.2 Å². The summed E-state index contributed by atoms with van der Waals surface area (Å²) in [4.78, 5) is 1.08. The van der Waals surface area contributed by atoms with E-state index in [9.17, 15) is 0 Å². The third kappa shape index (κ3) is 4.10. The van der Waals surface area contributed by atoms with Crippen molar-refractivity contribution in [1.29, 1.82) is 0 Å². The van der Waals surface area contributed by atoms with Crippen molar-refractivity contribution in [3.05, 3.63) is 48.0 Å². The second kappa shape index (κ2) is 7.10. The van der Waals surface area contributed by atoms with Crippen molar-refractivity contribution in [3.8, 4) is 11.5 Å². The van der Waals surface area contributed by atoms with Crippen molar-refractivity contribution in [2.24, 2.45) is 0 Å². The number of rotatable bonds is 6. The Bertz CT molecular complexity index is 555. The summed E-state index contributed by atoms with van der Waals surface area (Å²) in [6.45, 7) is 2.72. The number of ether oxygens (including phenoxy) is 2. The average molecular weight is 289 g/mol. The Labute approximate surface area is 124 Å². The molecule has 0 unspecified atom stereocenters. The fourth-order valence-electron chi connectivity index (χ4n) is 1.75. The van der Waals surface area contributed by atoms with E-state index in [1.807, 2.05) is 42.5 Å². The summed E-state index contributed by atoms with van der Waals surface area (Å²) in [7, 11) is 1.65. The summed E-state index contributed by atoms with van der Waals surface area (Å²) in [6, 6.07) is 13.8. The highest BCUT2D eigenvalue weighted by Crippen LogP contribution is 2.30. The molecule has 2 N–H and O–H groups in total. The average Bonchev–Trinajstić information content (AvgIpc) is 2.46. The highest BCUT2D eigenvalue weighted by molar-refractivity contribution is 7.99. The summed E-state index contributed by atoms with van der Waals surface area (Å²) in [5.41, 5.74) is 7.68. The van der Waals surface area contributed by atoms with E-state index in [-0.39, 0.29) is 0 Å². The van der Waals surface area contributed by atoms with Crippen LogP contribution in [0.3, 0.4) is 0 Å². The van der Waals surface area contributed by atoms with Crippen molar-refractivity contribution in [1.82, 2.24) is 0 Å². The maximum atomic E-state index is 5.73. The summed E-state index contributed by atoms with van der Waals surface area (Å²) >= 11 is 1.70. The Morgan fingerprint density at radius 1 is 1.10 bits per heavy atom. The van der Waals surface area contributed by atoms with Crippen molar-refractivity contribution in [2.75, 3.05) is 25.2 Å². The molecule has 0 heterocycles. The van der Waals surface area contributed by atoms with Gasteiger partial charge in [0.2, 0.25) is 0 Å². The first-order chi connectivity index (χ1) is 9.69. The molecule has 2 aromatic rings. The zero-order valence-electron chi connectivity index (χ0n) is 11.8. The fraction of sp³-hybridized carbons (Fsp3) is 0.250. The monoisotopic (exact) mass is 289 g/mol. The normalized spacial score (nSPS) is 10.3. The van der Waals surface area contributed by atoms with Crippen LogP contribution in [-0.2, 0) is 0 Å². The standard InChI is InChI=1S/C16H19NO2S/c1-12-3-6-14(7-4-12)19-9-10-20-16-8-5-13(17)11-15(16)18-2/h3-8,11H,9-10,17H2,1-2H3. The Hall–Kier alpha value is -1.81. The first kappa shape index (κ1) is 14.6. The summed E-state index contributed by atoms with van der Waals surface area (Å²) in [6.07, 6.45) is 0. The van der Waals surface area contributed by atoms with Crippen LogP contribution in [0.25, 0.3) is 0 Å². The second-order valence-corrected chi connectivity index (χ2v) is 5.56. The highest BCUT2D eigenvalue weighted by Gasteiger charge is 2.04. The van der Waals surface area contributed by atoms with Crippen LogP contribution in [0.15, 0.2) is 47.4 Å². The zero-order chi connectivity index (χ0) is 14.4. The van der Waals surface area contributed by atoms with Gasteiger partial charge in [-0.25, -0.2) is 0 Å². The van der Waals surface area contributed by atoms with Crippen LogP contribution >= 0.6 is 11.8 Å². The van der Waals surface area contributed by atoms with Crippen molar-refractivity contribution >= 4 is 17.4 Å². The molecule has 0 radical (unpaired) electrons. The lowest BCUT2D eigenvalue weighted by Crippen LogP contribution is -2.00. The molecule has 0 saturated heterocycles. The van der Waals surface area contributed by atoms with Crippen molar-refractivity contribution < 1.29 is 9.47 Å². The number of thioether (sulfide) groups is 1. The van der Waals surface area contributed by atoms with Crippen LogP contribution in [0.1, 0.15) is 5.56 Å². The molecule has 4 heteroatoms. The van der Waals surface area contributed by atoms with Gasteiger partial charge in [-0.1, -0.05) is 17.7 Å². The smallest absolute Gasteiger partial charge is 0.134 e. The van der Waals surface area contributed by atoms with Crippen molar-refractivity contribution in [3.63, 3.8) is 0 Å². The van der Waals surface area contributed by atoms with Gasteiger partial charge in [0.15, 0.2) is 0 Å². The largest absolute Gasteiger partial charge is 0.496 e. The van der Waals surface area contributed by atoms with Gasteiger partial charge >= 0.3 is 0 Å². The Balaban J connectivity index is 1.82. The molecule has 0 aliphatic heterocycles. The lowest BCUT2D eigenvalue weighted by atomic mass is 10.2. The summed E-state index contributed by atoms with van der Waals surface area (Å²) < 4.78 is 11.0. The van der Waals surface area contributed by atoms with Crippen LogP contribution in [0.4, 0.5) is 5.69 Å². The van der Waals surface area contributed by atoms with Gasteiger partial charge in [-0.05, 0) is 31.2 Å². The Kier molecular flexibility index (Phi) is 5.18. The minimum Gasteiger partial charge on any atom is -0.496 e. The van der Waals surface area contributed by atoms with Gasteiger partial charge < -0.3 is 15.2 Å². The number of aryl methyl sites for hydroxylation is 1. The Morgan fingerprint density at radius 3 is 2.55 bits per heavy atom. The molecule has 2 aromatic carbocycles. The molecule has 0 amide bonds. The maximum absolute atomic E-state index is 5.73. The molecule has 0 aliphatic carbocycles. The first-order valence-corrected chi connectivity index (χ1v) is 7.43. The molecule has 0 fully saturated rings. The first-order valence-electron chi connectivity index (χ1n) is 6.45. The summed E-state index contributed by atoms with van der Waals surface area (Å²) in [5.74, 6) is 2.57. The fourth-order valence-corrected chi connectivity index (χ4v) is 2.58. The quantitative estimate of drug-likeness (QED) is 0.499. The maximum Gasteiger partial charge on any atom is 0.134 e. The number of nitrogens with two attached hydrogens (primary N) is 1. The van der Waals surface area contributed by atoms with E-state index in [1.54, 1.807) is 18.9 Å². The molecule has 0 atom stereocenters. The van der Waals surface area contributed by atoms with Crippen LogP contribution in [0.5, 0.6) is 11.5 Å². The molecule has 2 rings (SSSR count). The van der Waals surface area contributed by atoms with Gasteiger partial charge in [0.1, 0.15) is 11.5 Å². The second-order valence-electron chi connectivity index (χ2n) is 4.42. The number of hydrogen-bond acceptors (Lipinski definition) is 4. The van der Waals surface area contributed by atoms with E-state index in [0.29, 0.717) is 12.3 Å². The van der Waals surface area contributed by atoms with E-state index in [2.05, 4.69) is 6.92 Å². The predicted octanol–water partition coefficient (Wildman–Crippen LogP) is 3.76. The van der Waals surface area contributed by atoms with Crippen molar-refractivity contribution in [2.45, 2.75) is 11.8 Å². The number of hydrogen-bond donors (Lipinski definition) is 1. The molecule has 0 saturated carbocycles. The minimum absolute atomic E-state index is 0.654. The van der Waals surface area contributed by atoms with Crippen LogP contribution < -0.4 is 15.2 Å². The van der Waals surface area contributed by atoms with Crippen LogP contribution in [0, 0.1) is 6.92 Å². The van der Waals surface area contributed by atoms with Crippen LogP contribution in [0.2, 0.25) is 0 Å². The van der Waals surface area contributed by atoms with Gasteiger partial charge in [-0.2, -0.15) is 0 Å². The van der Waals surface area contributed by atoms with Gasteiger partial charge in [0, 0.05) is 22.4 Å².